The highest BCUT2D eigenvalue weighted by molar-refractivity contribution is 6.01. The van der Waals surface area contributed by atoms with Gasteiger partial charge in [0.15, 0.2) is 5.78 Å². The molecule has 0 aromatic rings. The second kappa shape index (κ2) is 4.91. The summed E-state index contributed by atoms with van der Waals surface area (Å²) >= 11 is 0. The molecule has 0 unspecified atom stereocenters. The number of carbonyl (C=O) groups excluding carboxylic acids is 2. The average Bonchev–Trinajstić information content (AvgIpc) is 2.78. The lowest BCUT2D eigenvalue weighted by Crippen LogP contribution is -2.44. The first-order valence-electron chi connectivity index (χ1n) is 9.10. The molecular formula is C22H26O2. The summed E-state index contributed by atoms with van der Waals surface area (Å²) in [5.41, 5.74) is 3.78. The van der Waals surface area contributed by atoms with Crippen LogP contribution < -0.4 is 0 Å². The van der Waals surface area contributed by atoms with Gasteiger partial charge in [0.25, 0.3) is 0 Å². The topological polar surface area (TPSA) is 34.1 Å². The summed E-state index contributed by atoms with van der Waals surface area (Å²) in [4.78, 5) is 24.0. The van der Waals surface area contributed by atoms with E-state index in [1.165, 1.54) is 11.1 Å². The third-order valence-electron chi connectivity index (χ3n) is 7.34. The van der Waals surface area contributed by atoms with Crippen molar-refractivity contribution in [3.63, 3.8) is 0 Å². The van der Waals surface area contributed by atoms with E-state index in [1.807, 2.05) is 6.08 Å². The largest absolute Gasteiger partial charge is 0.299 e. The van der Waals surface area contributed by atoms with Gasteiger partial charge in [-0.1, -0.05) is 42.4 Å². The minimum Gasteiger partial charge on any atom is -0.299 e. The molecule has 0 amide bonds. The molecule has 2 nitrogen and oxygen atoms in total. The van der Waals surface area contributed by atoms with Gasteiger partial charge in [0.05, 0.1) is 0 Å². The third kappa shape index (κ3) is 1.89. The Balaban J connectivity index is 1.79. The van der Waals surface area contributed by atoms with Crippen LogP contribution in [0.3, 0.4) is 0 Å². The summed E-state index contributed by atoms with van der Waals surface area (Å²) < 4.78 is 0. The van der Waals surface area contributed by atoms with Gasteiger partial charge >= 0.3 is 0 Å². The molecule has 4 aliphatic carbocycles. The van der Waals surface area contributed by atoms with Crippen molar-refractivity contribution < 1.29 is 9.59 Å². The average molecular weight is 322 g/mol. The van der Waals surface area contributed by atoms with E-state index in [-0.39, 0.29) is 28.3 Å². The number of ketones is 2. The minimum atomic E-state index is -0.103. The molecule has 2 fully saturated rings. The van der Waals surface area contributed by atoms with Gasteiger partial charge < -0.3 is 0 Å². The van der Waals surface area contributed by atoms with Crippen molar-refractivity contribution in [2.45, 2.75) is 46.5 Å². The van der Waals surface area contributed by atoms with Crippen molar-refractivity contribution in [3.05, 3.63) is 47.6 Å². The number of hydrogen-bond donors (Lipinski definition) is 0. The molecule has 126 valence electrons. The highest BCUT2D eigenvalue weighted by Gasteiger charge is 2.57. The van der Waals surface area contributed by atoms with Crippen molar-refractivity contribution in [3.8, 4) is 0 Å². The molecule has 0 aromatic heterocycles. The number of hydrogen-bond acceptors (Lipinski definition) is 2. The molecule has 0 bridgehead atoms. The minimum absolute atomic E-state index is 0.00789. The number of fused-ring (bicyclic) bond motifs is 5. The van der Waals surface area contributed by atoms with E-state index < -0.39 is 0 Å². The van der Waals surface area contributed by atoms with Crippen LogP contribution in [0.25, 0.3) is 0 Å². The zero-order valence-electron chi connectivity index (χ0n) is 14.9. The Morgan fingerprint density at radius 3 is 2.79 bits per heavy atom. The summed E-state index contributed by atoms with van der Waals surface area (Å²) in [6, 6.07) is 0. The van der Waals surface area contributed by atoms with Gasteiger partial charge in [-0.15, -0.1) is 0 Å². The van der Waals surface area contributed by atoms with E-state index in [0.717, 1.165) is 31.3 Å². The first-order valence-corrected chi connectivity index (χ1v) is 9.10. The summed E-state index contributed by atoms with van der Waals surface area (Å²) in [7, 11) is 0. The standard InChI is InChI=1S/C22H26O2/c1-13-11-19-17-6-5-15-12-16(24)7-9-21(15,3)18(17)8-10-22(19,4)20(13)14(2)23/h7-9,12,17,19-20H,1,5-6,10-11H2,2-4H3/t17-,19+,20-,21+,22+/m1/s1. The third-order valence-corrected chi connectivity index (χ3v) is 7.34. The molecule has 5 atom stereocenters. The van der Waals surface area contributed by atoms with E-state index in [9.17, 15) is 9.59 Å². The van der Waals surface area contributed by atoms with Gasteiger partial charge in [-0.25, -0.2) is 0 Å². The number of allylic oxidation sites excluding steroid dienone is 7. The molecule has 0 heterocycles. The second-order valence-corrected chi connectivity index (χ2v) is 8.63. The first kappa shape index (κ1) is 15.8. The van der Waals surface area contributed by atoms with Crippen LogP contribution in [0.4, 0.5) is 0 Å². The molecule has 0 spiro atoms. The van der Waals surface area contributed by atoms with Crippen LogP contribution in [0.5, 0.6) is 0 Å². The summed E-state index contributed by atoms with van der Waals surface area (Å²) in [5.74, 6) is 1.40. The van der Waals surface area contributed by atoms with Crippen LogP contribution in [-0.4, -0.2) is 11.6 Å². The Hall–Kier alpha value is -1.70. The Kier molecular flexibility index (Phi) is 3.23. The van der Waals surface area contributed by atoms with Gasteiger partial charge in [0, 0.05) is 11.3 Å². The lowest BCUT2D eigenvalue weighted by Gasteiger charge is -2.52. The van der Waals surface area contributed by atoms with Crippen LogP contribution in [0.1, 0.15) is 46.5 Å². The first-order chi connectivity index (χ1) is 11.3. The Morgan fingerprint density at radius 2 is 2.08 bits per heavy atom. The lowest BCUT2D eigenvalue weighted by atomic mass is 9.52. The summed E-state index contributed by atoms with van der Waals surface area (Å²) in [5, 5.41) is 0. The maximum atomic E-state index is 12.3. The van der Waals surface area contributed by atoms with E-state index in [2.05, 4.69) is 32.6 Å². The van der Waals surface area contributed by atoms with Crippen LogP contribution in [0, 0.1) is 28.6 Å². The van der Waals surface area contributed by atoms with Crippen LogP contribution in [-0.2, 0) is 9.59 Å². The van der Waals surface area contributed by atoms with Crippen molar-refractivity contribution in [2.75, 3.05) is 0 Å². The predicted octanol–water partition coefficient (Wildman–Crippen LogP) is 4.59. The summed E-state index contributed by atoms with van der Waals surface area (Å²) in [6.45, 7) is 10.5. The maximum Gasteiger partial charge on any atom is 0.178 e. The van der Waals surface area contributed by atoms with Crippen LogP contribution >= 0.6 is 0 Å². The highest BCUT2D eigenvalue weighted by Crippen LogP contribution is 2.64. The lowest BCUT2D eigenvalue weighted by molar-refractivity contribution is -0.123. The molecule has 0 aromatic carbocycles. The van der Waals surface area contributed by atoms with Gasteiger partial charge in [-0.2, -0.15) is 0 Å². The Morgan fingerprint density at radius 1 is 1.33 bits per heavy atom. The van der Waals surface area contributed by atoms with Crippen molar-refractivity contribution >= 4 is 11.6 Å². The smallest absolute Gasteiger partial charge is 0.178 e. The normalized spacial score (nSPS) is 43.5. The van der Waals surface area contributed by atoms with Crippen molar-refractivity contribution in [1.29, 1.82) is 0 Å². The van der Waals surface area contributed by atoms with Crippen molar-refractivity contribution in [1.82, 2.24) is 0 Å². The Bertz CT molecular complexity index is 750. The van der Waals surface area contributed by atoms with Crippen LogP contribution in [0.2, 0.25) is 0 Å². The molecule has 0 N–H and O–H groups in total. The van der Waals surface area contributed by atoms with E-state index in [0.29, 0.717) is 11.8 Å². The van der Waals surface area contributed by atoms with E-state index in [1.54, 1.807) is 13.0 Å². The number of carbonyl (C=O) groups is 2. The fourth-order valence-electron chi connectivity index (χ4n) is 6.24. The van der Waals surface area contributed by atoms with E-state index >= 15 is 0 Å². The summed E-state index contributed by atoms with van der Waals surface area (Å²) in [6.07, 6.45) is 12.1. The molecular weight excluding hydrogens is 296 g/mol. The fraction of sp³-hybridized carbons (Fsp3) is 0.545. The second-order valence-electron chi connectivity index (χ2n) is 8.63. The number of Topliss-reactive ketones (excluding diaryl/α,β-unsaturated/α-hetero) is 1. The molecule has 0 saturated heterocycles. The molecule has 2 saturated carbocycles. The van der Waals surface area contributed by atoms with Gasteiger partial charge in [0.1, 0.15) is 5.78 Å². The van der Waals surface area contributed by atoms with Gasteiger partial charge in [-0.3, -0.25) is 9.59 Å². The van der Waals surface area contributed by atoms with Gasteiger partial charge in [0.2, 0.25) is 0 Å². The molecule has 0 aliphatic heterocycles. The van der Waals surface area contributed by atoms with E-state index in [4.69, 9.17) is 0 Å². The zero-order valence-corrected chi connectivity index (χ0v) is 14.9. The Labute approximate surface area is 144 Å². The predicted molar refractivity (Wildman–Crippen MR) is 95.3 cm³/mol. The molecule has 2 heteroatoms. The quantitative estimate of drug-likeness (QED) is 0.662. The number of rotatable bonds is 1. The molecule has 0 radical (unpaired) electrons. The molecule has 4 rings (SSSR count). The zero-order chi connectivity index (χ0) is 17.3. The maximum absolute atomic E-state index is 12.3. The van der Waals surface area contributed by atoms with Crippen LogP contribution in [0.15, 0.2) is 47.6 Å². The SMILES string of the molecule is C=C1C[C@H]2[C@@H]3CCC4=CC(=O)C=C[C@]4(C)C3=CC[C@]2(C)[C@H]1C(C)=O. The highest BCUT2D eigenvalue weighted by atomic mass is 16.1. The van der Waals surface area contributed by atoms with Crippen molar-refractivity contribution in [2.24, 2.45) is 28.6 Å². The molecule has 4 aliphatic rings. The molecule has 24 heavy (non-hydrogen) atoms. The van der Waals surface area contributed by atoms with Gasteiger partial charge in [-0.05, 0) is 68.9 Å². The fourth-order valence-corrected chi connectivity index (χ4v) is 6.24. The monoisotopic (exact) mass is 322 g/mol.